The Hall–Kier alpha value is 0.120. The zero-order valence-corrected chi connectivity index (χ0v) is 9.64. The average Bonchev–Trinajstić information content (AvgIpc) is 2.08. The molecule has 0 amide bonds. The summed E-state index contributed by atoms with van der Waals surface area (Å²) in [5, 5.41) is 0. The normalized spacial score (nSPS) is 11.9. The van der Waals surface area contributed by atoms with Crippen LogP contribution < -0.4 is 0 Å². The summed E-state index contributed by atoms with van der Waals surface area (Å²) in [6.45, 7) is 1.62. The molecule has 0 fully saturated rings. The largest absolute Gasteiger partial charge is 0.378 e. The summed E-state index contributed by atoms with van der Waals surface area (Å²) in [6.07, 6.45) is 0.997. The molecule has 7 heteroatoms. The molecule has 0 N–H and O–H groups in total. The number of hydrogen-bond donors (Lipinski definition) is 0. The van der Waals surface area contributed by atoms with E-state index in [1.165, 1.54) is 0 Å². The monoisotopic (exact) mass is 246 g/mol. The van der Waals surface area contributed by atoms with Gasteiger partial charge in [-0.25, -0.2) is 0 Å². The molecule has 0 bridgehead atoms. The van der Waals surface area contributed by atoms with Crippen molar-refractivity contribution >= 4 is 21.7 Å². The van der Waals surface area contributed by atoms with E-state index in [1.54, 1.807) is 0 Å². The van der Waals surface area contributed by atoms with Crippen LogP contribution in [0, 0.1) is 0 Å². The number of hydrogen-bond acceptors (Lipinski definition) is 5. The first-order chi connectivity index (χ1) is 6.56. The van der Waals surface area contributed by atoms with Gasteiger partial charge in [0.05, 0.1) is 39.3 Å². The Morgan fingerprint density at radius 2 is 1.50 bits per heavy atom. The lowest BCUT2D eigenvalue weighted by atomic mass is 10.7. The van der Waals surface area contributed by atoms with Crippen molar-refractivity contribution in [3.8, 4) is 0 Å². The van der Waals surface area contributed by atoms with E-state index >= 15 is 0 Å². The van der Waals surface area contributed by atoms with Crippen molar-refractivity contribution in [3.63, 3.8) is 0 Å². The van der Waals surface area contributed by atoms with Crippen molar-refractivity contribution in [1.82, 2.24) is 0 Å². The highest BCUT2D eigenvalue weighted by Crippen LogP contribution is 1.87. The van der Waals surface area contributed by atoms with E-state index in [4.69, 9.17) is 21.1 Å². The maximum Gasteiger partial charge on any atom is 0.264 e. The first kappa shape index (κ1) is 14.1. The Morgan fingerprint density at radius 3 is 2.00 bits per heavy atom. The molecule has 0 radical (unpaired) electrons. The van der Waals surface area contributed by atoms with Gasteiger partial charge in [0.1, 0.15) is 0 Å². The zero-order chi connectivity index (χ0) is 10.9. The van der Waals surface area contributed by atoms with Gasteiger partial charge in [0.2, 0.25) is 0 Å². The topological polar surface area (TPSA) is 61.8 Å². The van der Waals surface area contributed by atoms with Crippen molar-refractivity contribution in [2.45, 2.75) is 0 Å². The lowest BCUT2D eigenvalue weighted by Gasteiger charge is -2.04. The van der Waals surface area contributed by atoms with E-state index in [1.807, 2.05) is 0 Å². The van der Waals surface area contributed by atoms with Crippen molar-refractivity contribution in [2.24, 2.45) is 0 Å². The standard InChI is InChI=1S/C7H15ClO5S/c1-14(9,10)13-7-6-12-5-4-11-3-2-8/h2-7H2,1H3. The van der Waals surface area contributed by atoms with E-state index < -0.39 is 10.1 Å². The van der Waals surface area contributed by atoms with Gasteiger partial charge in [0.25, 0.3) is 10.1 Å². The molecule has 0 aromatic rings. The Morgan fingerprint density at radius 1 is 1.00 bits per heavy atom. The molecule has 0 aliphatic rings. The van der Waals surface area contributed by atoms with E-state index in [2.05, 4.69) is 4.18 Å². The first-order valence-corrected chi connectivity index (χ1v) is 6.47. The maximum atomic E-state index is 10.5. The van der Waals surface area contributed by atoms with E-state index in [0.29, 0.717) is 25.7 Å². The summed E-state index contributed by atoms with van der Waals surface area (Å²) in [4.78, 5) is 0. The van der Waals surface area contributed by atoms with Crippen LogP contribution in [0.15, 0.2) is 0 Å². The van der Waals surface area contributed by atoms with Crippen LogP contribution in [0.3, 0.4) is 0 Å². The summed E-state index contributed by atoms with van der Waals surface area (Å²) in [6, 6.07) is 0. The Balaban J connectivity index is 3.07. The van der Waals surface area contributed by atoms with E-state index in [-0.39, 0.29) is 13.2 Å². The lowest BCUT2D eigenvalue weighted by molar-refractivity contribution is 0.0420. The molecule has 0 aliphatic heterocycles. The van der Waals surface area contributed by atoms with Crippen LogP contribution in [0.1, 0.15) is 0 Å². The van der Waals surface area contributed by atoms with Gasteiger partial charge in [-0.2, -0.15) is 8.42 Å². The van der Waals surface area contributed by atoms with Gasteiger partial charge in [0, 0.05) is 5.88 Å². The molecule has 0 saturated carbocycles. The molecule has 0 saturated heterocycles. The molecule has 0 atom stereocenters. The van der Waals surface area contributed by atoms with Crippen LogP contribution in [0.25, 0.3) is 0 Å². The summed E-state index contributed by atoms with van der Waals surface area (Å²) >= 11 is 5.36. The average molecular weight is 247 g/mol. The molecule has 0 spiro atoms. The lowest BCUT2D eigenvalue weighted by Crippen LogP contribution is -2.12. The van der Waals surface area contributed by atoms with Gasteiger partial charge in [-0.05, 0) is 0 Å². The first-order valence-electron chi connectivity index (χ1n) is 4.12. The van der Waals surface area contributed by atoms with Crippen molar-refractivity contribution < 1.29 is 22.1 Å². The van der Waals surface area contributed by atoms with Crippen molar-refractivity contribution in [2.75, 3.05) is 45.2 Å². The minimum atomic E-state index is -3.35. The molecular weight excluding hydrogens is 232 g/mol. The number of rotatable bonds is 9. The van der Waals surface area contributed by atoms with Gasteiger partial charge in [-0.1, -0.05) is 0 Å². The van der Waals surface area contributed by atoms with Gasteiger partial charge >= 0.3 is 0 Å². The third kappa shape index (κ3) is 12.1. The Labute approximate surface area is 89.4 Å². The van der Waals surface area contributed by atoms with Crippen molar-refractivity contribution in [1.29, 1.82) is 0 Å². The molecular formula is C7H15ClO5S. The fourth-order valence-electron chi connectivity index (χ4n) is 0.621. The molecule has 5 nitrogen and oxygen atoms in total. The van der Waals surface area contributed by atoms with Crippen LogP contribution >= 0.6 is 11.6 Å². The van der Waals surface area contributed by atoms with Gasteiger partial charge in [0.15, 0.2) is 0 Å². The molecule has 0 aromatic heterocycles. The van der Waals surface area contributed by atoms with Crippen LogP contribution in [0.4, 0.5) is 0 Å². The predicted octanol–water partition coefficient (Wildman–Crippen LogP) is 0.235. The minimum Gasteiger partial charge on any atom is -0.378 e. The highest BCUT2D eigenvalue weighted by atomic mass is 35.5. The smallest absolute Gasteiger partial charge is 0.264 e. The fraction of sp³-hybridized carbons (Fsp3) is 1.00. The van der Waals surface area contributed by atoms with E-state index in [0.717, 1.165) is 6.26 Å². The predicted molar refractivity (Wildman–Crippen MR) is 53.2 cm³/mol. The summed E-state index contributed by atoms with van der Waals surface area (Å²) in [7, 11) is -3.35. The fourth-order valence-corrected chi connectivity index (χ4v) is 1.10. The molecule has 0 aromatic carbocycles. The highest BCUT2D eigenvalue weighted by molar-refractivity contribution is 7.85. The van der Waals surface area contributed by atoms with Crippen LogP contribution in [-0.4, -0.2) is 53.6 Å². The van der Waals surface area contributed by atoms with E-state index in [9.17, 15) is 8.42 Å². The summed E-state index contributed by atoms with van der Waals surface area (Å²) < 4.78 is 35.5. The van der Waals surface area contributed by atoms with Crippen LogP contribution in [0.2, 0.25) is 0 Å². The zero-order valence-electron chi connectivity index (χ0n) is 8.07. The molecule has 0 heterocycles. The second kappa shape index (κ2) is 8.43. The number of alkyl halides is 1. The van der Waals surface area contributed by atoms with Crippen LogP contribution in [-0.2, 0) is 23.8 Å². The molecule has 0 rings (SSSR count). The minimum absolute atomic E-state index is 0.0361. The number of halogens is 1. The third-order valence-corrected chi connectivity index (χ3v) is 1.87. The third-order valence-electron chi connectivity index (χ3n) is 1.12. The van der Waals surface area contributed by atoms with Gasteiger partial charge in [-0.3, -0.25) is 4.18 Å². The van der Waals surface area contributed by atoms with Crippen molar-refractivity contribution in [3.05, 3.63) is 0 Å². The maximum absolute atomic E-state index is 10.5. The Bertz CT molecular complexity index is 216. The summed E-state index contributed by atoms with van der Waals surface area (Å²) in [5.41, 5.74) is 0. The Kier molecular flexibility index (Phi) is 8.50. The molecule has 86 valence electrons. The highest BCUT2D eigenvalue weighted by Gasteiger charge is 1.99. The SMILES string of the molecule is CS(=O)(=O)OCCOCCOCCCl. The summed E-state index contributed by atoms with van der Waals surface area (Å²) in [5.74, 6) is 0.456. The second-order valence-electron chi connectivity index (χ2n) is 2.44. The van der Waals surface area contributed by atoms with Gasteiger partial charge < -0.3 is 9.47 Å². The van der Waals surface area contributed by atoms with Crippen LogP contribution in [0.5, 0.6) is 0 Å². The quantitative estimate of drug-likeness (QED) is 0.331. The van der Waals surface area contributed by atoms with Gasteiger partial charge in [-0.15, -0.1) is 11.6 Å². The molecule has 0 aliphatic carbocycles. The number of ether oxygens (including phenoxy) is 2. The molecule has 14 heavy (non-hydrogen) atoms. The molecule has 0 unspecified atom stereocenters. The second-order valence-corrected chi connectivity index (χ2v) is 4.46.